The van der Waals surface area contributed by atoms with E-state index in [1.165, 1.54) is 0 Å². The summed E-state index contributed by atoms with van der Waals surface area (Å²) in [6.07, 6.45) is 0. The molecule has 0 saturated carbocycles. The van der Waals surface area contributed by atoms with Gasteiger partial charge in [-0.15, -0.1) is 0 Å². The molecule has 6 nitrogen and oxygen atoms in total. The molecule has 0 rings (SSSR count). The summed E-state index contributed by atoms with van der Waals surface area (Å²) in [4.78, 5) is 8.89. The second-order valence-electron chi connectivity index (χ2n) is 0.919. The van der Waals surface area contributed by atoms with Crippen LogP contribution in [0.5, 0.6) is 0 Å². The van der Waals surface area contributed by atoms with Gasteiger partial charge in [-0.25, -0.2) is 8.42 Å². The Kier molecular flexibility index (Phi) is 25.1. The van der Waals surface area contributed by atoms with Gasteiger partial charge in [-0.2, -0.15) is 0 Å². The van der Waals surface area contributed by atoms with Gasteiger partial charge in [0.05, 0.1) is 0 Å². The van der Waals surface area contributed by atoms with Gasteiger partial charge in [0, 0.05) is 5.97 Å². The zero-order valence-corrected chi connectivity index (χ0v) is 12.3. The topological polar surface area (TPSA) is 118 Å². The average Bonchev–Trinajstić information content (AvgIpc) is 1.19. The molecule has 9 heteroatoms. The molecule has 0 atom stereocenters. The maximum absolute atomic E-state index is 8.89. The Morgan fingerprint density at radius 3 is 1.45 bits per heavy atom. The molecule has 0 aliphatic carbocycles. The van der Waals surface area contributed by atoms with E-state index in [-0.39, 0.29) is 80.9 Å². The predicted molar refractivity (Wildman–Crippen MR) is 23.0 cm³/mol. The molecular formula is C2H4KNaO6S. The van der Waals surface area contributed by atoms with Gasteiger partial charge in [-0.05, 0) is 6.92 Å². The van der Waals surface area contributed by atoms with Crippen molar-refractivity contribution in [3.63, 3.8) is 0 Å². The summed E-state index contributed by atoms with van der Waals surface area (Å²) in [5.74, 6) is -1.08. The minimum Gasteiger partial charge on any atom is -0.726 e. The fraction of sp³-hybridized carbons (Fsp3) is 0.500. The van der Waals surface area contributed by atoms with Crippen LogP contribution in [0.15, 0.2) is 0 Å². The molecule has 0 bridgehead atoms. The van der Waals surface area contributed by atoms with Gasteiger partial charge in [0.1, 0.15) is 0 Å². The third-order valence-electron chi connectivity index (χ3n) is 0. The smallest absolute Gasteiger partial charge is 0.726 e. The zero-order valence-electron chi connectivity index (χ0n) is 6.40. The van der Waals surface area contributed by atoms with Crippen LogP contribution in [0.2, 0.25) is 0 Å². The number of hydrogen-bond donors (Lipinski definition) is 1. The van der Waals surface area contributed by atoms with Crippen LogP contribution in [0.4, 0.5) is 0 Å². The van der Waals surface area contributed by atoms with Gasteiger partial charge in [0.2, 0.25) is 10.4 Å². The molecule has 0 fully saturated rings. The number of carbonyl (C=O) groups is 1. The van der Waals surface area contributed by atoms with Crippen LogP contribution in [-0.4, -0.2) is 23.5 Å². The molecule has 0 aliphatic heterocycles. The summed E-state index contributed by atoms with van der Waals surface area (Å²) in [6, 6.07) is 0. The molecule has 0 aromatic heterocycles. The number of carboxylic acids is 1. The quantitative estimate of drug-likeness (QED) is 0.245. The first-order valence-electron chi connectivity index (χ1n) is 1.59. The Morgan fingerprint density at radius 2 is 1.45 bits per heavy atom. The minimum absolute atomic E-state index is 0. The van der Waals surface area contributed by atoms with Gasteiger partial charge >= 0.3 is 80.9 Å². The summed E-state index contributed by atoms with van der Waals surface area (Å²) in [5.41, 5.74) is 0. The van der Waals surface area contributed by atoms with Crippen molar-refractivity contribution in [1.29, 1.82) is 0 Å². The molecule has 0 aromatic rings. The Bertz CT molecular complexity index is 163. The first kappa shape index (κ1) is 23.1. The number of carbonyl (C=O) groups excluding carboxylic acids is 1. The number of hydrogen-bond acceptors (Lipinski definition) is 5. The molecule has 1 N–H and O–H groups in total. The van der Waals surface area contributed by atoms with Crippen molar-refractivity contribution in [2.45, 2.75) is 6.92 Å². The van der Waals surface area contributed by atoms with Gasteiger partial charge in [-0.1, -0.05) is 0 Å². The van der Waals surface area contributed by atoms with Crippen LogP contribution in [0, 0.1) is 0 Å². The van der Waals surface area contributed by atoms with Crippen molar-refractivity contribution in [2.75, 3.05) is 0 Å². The summed E-state index contributed by atoms with van der Waals surface area (Å²) < 4.78 is 32.8. The predicted octanol–water partition coefficient (Wildman–Crippen LogP) is -8.23. The molecule has 0 amide bonds. The summed E-state index contributed by atoms with van der Waals surface area (Å²) >= 11 is 0. The van der Waals surface area contributed by atoms with E-state index in [2.05, 4.69) is 0 Å². The number of rotatable bonds is 0. The van der Waals surface area contributed by atoms with Gasteiger partial charge in [0.15, 0.2) is 0 Å². The molecule has 0 radical (unpaired) electrons. The molecule has 56 valence electrons. The first-order valence-corrected chi connectivity index (χ1v) is 2.96. The third-order valence-corrected chi connectivity index (χ3v) is 0. The van der Waals surface area contributed by atoms with E-state index in [0.717, 1.165) is 6.92 Å². The van der Waals surface area contributed by atoms with E-state index >= 15 is 0 Å². The van der Waals surface area contributed by atoms with E-state index in [9.17, 15) is 0 Å². The molecule has 11 heavy (non-hydrogen) atoms. The number of carboxylic acid groups (broad SMARTS) is 1. The second-order valence-corrected chi connectivity index (χ2v) is 1.77. The maximum atomic E-state index is 8.89. The molecule has 0 unspecified atom stereocenters. The van der Waals surface area contributed by atoms with Crippen LogP contribution >= 0.6 is 0 Å². The van der Waals surface area contributed by atoms with Crippen LogP contribution in [0.3, 0.4) is 0 Å². The standard InChI is InChI=1S/C2H4O2.K.Na.H2O4S/c1-2(3)4;;;1-5(2,3)4/h1H3,(H,3,4);;;(H2,1,2,3,4)/q;2*+1;/p-2. The van der Waals surface area contributed by atoms with Gasteiger partial charge in [0.25, 0.3) is 0 Å². The second kappa shape index (κ2) is 12.0. The van der Waals surface area contributed by atoms with Crippen LogP contribution in [0.25, 0.3) is 0 Å². The van der Waals surface area contributed by atoms with Crippen molar-refractivity contribution in [1.82, 2.24) is 0 Å². The van der Waals surface area contributed by atoms with Crippen molar-refractivity contribution >= 4 is 16.4 Å². The van der Waals surface area contributed by atoms with Crippen LogP contribution < -0.4 is 86.0 Å². The van der Waals surface area contributed by atoms with Crippen molar-refractivity contribution in [3.8, 4) is 0 Å². The Hall–Kier alpha value is 1.98. The van der Waals surface area contributed by atoms with Gasteiger partial charge in [-0.3, -0.25) is 4.55 Å². The fourth-order valence-corrected chi connectivity index (χ4v) is 0. The minimum atomic E-state index is -4.92. The van der Waals surface area contributed by atoms with E-state index in [1.54, 1.807) is 0 Å². The van der Waals surface area contributed by atoms with E-state index in [1.807, 2.05) is 0 Å². The maximum Gasteiger partial charge on any atom is 1.00 e. The SMILES string of the molecule is CC(=O)[O-].O=S(=O)([O-])O.[K+].[Na+]. The Morgan fingerprint density at radius 1 is 1.45 bits per heavy atom. The largest absolute Gasteiger partial charge is 1.00 e. The average molecular weight is 218 g/mol. The van der Waals surface area contributed by atoms with Crippen molar-refractivity contribution in [3.05, 3.63) is 0 Å². The molecule has 0 spiro atoms. The van der Waals surface area contributed by atoms with E-state index < -0.39 is 16.4 Å². The molecule has 0 saturated heterocycles. The van der Waals surface area contributed by atoms with Crippen LogP contribution in [0.1, 0.15) is 6.92 Å². The zero-order chi connectivity index (χ0) is 8.08. The van der Waals surface area contributed by atoms with Crippen molar-refractivity contribution < 1.29 is 108 Å². The summed E-state index contributed by atoms with van der Waals surface area (Å²) in [5, 5.41) is 8.89. The normalized spacial score (nSPS) is 7.55. The third kappa shape index (κ3) is 305. The molecular weight excluding hydrogens is 214 g/mol. The summed E-state index contributed by atoms with van der Waals surface area (Å²) in [7, 11) is -4.92. The Labute approximate surface area is 129 Å². The molecule has 0 aliphatic rings. The summed E-state index contributed by atoms with van der Waals surface area (Å²) in [6.45, 7) is 0.972. The first-order chi connectivity index (χ1) is 3.73. The molecule has 0 aromatic carbocycles. The van der Waals surface area contributed by atoms with E-state index in [4.69, 9.17) is 27.4 Å². The Balaban J connectivity index is -0.0000000383. The van der Waals surface area contributed by atoms with Crippen molar-refractivity contribution in [2.24, 2.45) is 0 Å². The fourth-order valence-electron chi connectivity index (χ4n) is 0. The monoisotopic (exact) mass is 218 g/mol. The molecule has 0 heterocycles. The van der Waals surface area contributed by atoms with Crippen LogP contribution in [-0.2, 0) is 15.2 Å². The number of aliphatic carboxylic acids is 1. The van der Waals surface area contributed by atoms with E-state index in [0.29, 0.717) is 0 Å². The van der Waals surface area contributed by atoms with Gasteiger partial charge < -0.3 is 14.5 Å².